The Balaban J connectivity index is 1.89. The molecule has 23 heavy (non-hydrogen) atoms. The van der Waals surface area contributed by atoms with Gasteiger partial charge in [0.1, 0.15) is 30.3 Å². The van der Waals surface area contributed by atoms with Crippen LogP contribution in [-0.4, -0.2) is 72.9 Å². The summed E-state index contributed by atoms with van der Waals surface area (Å²) >= 11 is 0. The van der Waals surface area contributed by atoms with Crippen molar-refractivity contribution >= 4 is 22.7 Å². The SMILES string of the molecule is CN1N=C(N)c2nn(C3O[C@H](CO)[C@@H](O)[C@H]3O)c3ncnc1c23. The van der Waals surface area contributed by atoms with Gasteiger partial charge in [-0.1, -0.05) is 0 Å². The van der Waals surface area contributed by atoms with Gasteiger partial charge in [0.25, 0.3) is 0 Å². The second-order valence-electron chi connectivity index (χ2n) is 5.43. The highest BCUT2D eigenvalue weighted by Crippen LogP contribution is 2.35. The van der Waals surface area contributed by atoms with Gasteiger partial charge in [-0.2, -0.15) is 10.2 Å². The van der Waals surface area contributed by atoms with Crippen molar-refractivity contribution in [3.63, 3.8) is 0 Å². The van der Waals surface area contributed by atoms with E-state index in [4.69, 9.17) is 10.5 Å². The van der Waals surface area contributed by atoms with Gasteiger partial charge in [-0.05, 0) is 0 Å². The van der Waals surface area contributed by atoms with Crippen LogP contribution in [0.15, 0.2) is 11.4 Å². The van der Waals surface area contributed by atoms with Crippen LogP contribution < -0.4 is 10.7 Å². The summed E-state index contributed by atoms with van der Waals surface area (Å²) in [5.41, 5.74) is 6.68. The van der Waals surface area contributed by atoms with Gasteiger partial charge in [0, 0.05) is 7.05 Å². The second kappa shape index (κ2) is 4.83. The maximum absolute atomic E-state index is 10.2. The van der Waals surface area contributed by atoms with Crippen LogP contribution in [0.2, 0.25) is 0 Å². The van der Waals surface area contributed by atoms with Crippen LogP contribution in [-0.2, 0) is 4.74 Å². The molecule has 1 unspecified atom stereocenters. The minimum atomic E-state index is -1.27. The standard InChI is InChI=1S/C12H15N7O4/c1-18-10-5-6(9(13)17-18)16-19(11(5)15-3-14-10)12-8(22)7(21)4(2-20)23-12/h3-4,7-8,12,20-22H,2H2,1H3,(H2,13,17)/t4-,7-,8-,12?/m1/s1. The lowest BCUT2D eigenvalue weighted by atomic mass is 10.1. The number of hydrogen-bond donors (Lipinski definition) is 4. The fraction of sp³-hybridized carbons (Fsp3) is 0.500. The molecular formula is C12H15N7O4. The van der Waals surface area contributed by atoms with E-state index in [1.165, 1.54) is 16.0 Å². The van der Waals surface area contributed by atoms with Crippen molar-refractivity contribution in [1.29, 1.82) is 0 Å². The van der Waals surface area contributed by atoms with Crippen molar-refractivity contribution < 1.29 is 20.1 Å². The van der Waals surface area contributed by atoms with Gasteiger partial charge in [0.15, 0.2) is 23.5 Å². The van der Waals surface area contributed by atoms with Gasteiger partial charge >= 0.3 is 0 Å². The van der Waals surface area contributed by atoms with Crippen molar-refractivity contribution in [3.05, 3.63) is 12.0 Å². The third-order valence-corrected chi connectivity index (χ3v) is 4.03. The number of aromatic nitrogens is 4. The number of aliphatic hydroxyl groups excluding tert-OH is 3. The third kappa shape index (κ3) is 1.84. The fourth-order valence-electron chi connectivity index (χ4n) is 2.90. The first-order chi connectivity index (χ1) is 11.0. The molecule has 0 amide bonds. The van der Waals surface area contributed by atoms with Gasteiger partial charge in [-0.3, -0.25) is 0 Å². The van der Waals surface area contributed by atoms with Crippen molar-refractivity contribution in [2.75, 3.05) is 18.7 Å². The van der Waals surface area contributed by atoms with Gasteiger partial charge in [-0.25, -0.2) is 19.7 Å². The van der Waals surface area contributed by atoms with E-state index in [-0.39, 0.29) is 5.84 Å². The molecule has 0 aliphatic carbocycles. The van der Waals surface area contributed by atoms with E-state index in [1.54, 1.807) is 7.05 Å². The minimum Gasteiger partial charge on any atom is -0.394 e. The molecule has 0 bridgehead atoms. The Morgan fingerprint density at radius 2 is 2.09 bits per heavy atom. The third-order valence-electron chi connectivity index (χ3n) is 4.03. The Labute approximate surface area is 129 Å². The normalized spacial score (nSPS) is 30.1. The molecule has 1 saturated heterocycles. The van der Waals surface area contributed by atoms with Gasteiger partial charge in [0.2, 0.25) is 0 Å². The van der Waals surface area contributed by atoms with Crippen molar-refractivity contribution in [2.45, 2.75) is 24.5 Å². The molecule has 4 rings (SSSR count). The highest BCUT2D eigenvalue weighted by molar-refractivity contribution is 6.12. The highest BCUT2D eigenvalue weighted by Gasteiger charge is 2.45. The summed E-state index contributed by atoms with van der Waals surface area (Å²) in [5.74, 6) is 0.711. The van der Waals surface area contributed by atoms with Crippen LogP contribution in [0.25, 0.3) is 11.0 Å². The molecule has 4 atom stereocenters. The molecule has 2 aromatic heterocycles. The van der Waals surface area contributed by atoms with E-state index >= 15 is 0 Å². The van der Waals surface area contributed by atoms with Gasteiger partial charge in [0.05, 0.1) is 12.0 Å². The van der Waals surface area contributed by atoms with Crippen LogP contribution in [0.4, 0.5) is 5.82 Å². The van der Waals surface area contributed by atoms with Crippen LogP contribution in [0.3, 0.4) is 0 Å². The van der Waals surface area contributed by atoms with E-state index in [1.807, 2.05) is 0 Å². The molecule has 2 aliphatic rings. The number of amidine groups is 1. The average Bonchev–Trinajstić information content (AvgIpc) is 3.05. The summed E-state index contributed by atoms with van der Waals surface area (Å²) in [6.07, 6.45) is -3.06. The first kappa shape index (κ1) is 14.3. The van der Waals surface area contributed by atoms with Crippen molar-refractivity contribution in [3.8, 4) is 0 Å². The first-order valence-electron chi connectivity index (χ1n) is 6.96. The monoisotopic (exact) mass is 321 g/mol. The number of rotatable bonds is 2. The van der Waals surface area contributed by atoms with Gasteiger partial charge < -0.3 is 25.8 Å². The van der Waals surface area contributed by atoms with E-state index < -0.39 is 31.1 Å². The maximum Gasteiger partial charge on any atom is 0.181 e. The highest BCUT2D eigenvalue weighted by atomic mass is 16.6. The molecule has 4 heterocycles. The Bertz CT molecular complexity index is 806. The number of nitrogens with zero attached hydrogens (tertiary/aromatic N) is 6. The zero-order valence-electron chi connectivity index (χ0n) is 12.1. The predicted molar refractivity (Wildman–Crippen MR) is 77.5 cm³/mol. The quantitative estimate of drug-likeness (QED) is 0.470. The summed E-state index contributed by atoms with van der Waals surface area (Å²) < 4.78 is 6.84. The lowest BCUT2D eigenvalue weighted by Gasteiger charge is -2.17. The van der Waals surface area contributed by atoms with Crippen LogP contribution in [0, 0.1) is 0 Å². The van der Waals surface area contributed by atoms with Crippen molar-refractivity contribution in [2.24, 2.45) is 10.8 Å². The average molecular weight is 321 g/mol. The van der Waals surface area contributed by atoms with Gasteiger partial charge in [-0.15, -0.1) is 0 Å². The molecule has 122 valence electrons. The Morgan fingerprint density at radius 3 is 2.78 bits per heavy atom. The van der Waals surface area contributed by atoms with Crippen LogP contribution >= 0.6 is 0 Å². The molecule has 11 heteroatoms. The van der Waals surface area contributed by atoms with E-state index in [2.05, 4.69) is 20.2 Å². The number of hydrazone groups is 1. The fourth-order valence-corrected chi connectivity index (χ4v) is 2.90. The molecule has 11 nitrogen and oxygen atoms in total. The Hall–Kier alpha value is -2.34. The molecule has 0 saturated carbocycles. The van der Waals surface area contributed by atoms with E-state index in [0.29, 0.717) is 22.5 Å². The largest absolute Gasteiger partial charge is 0.394 e. The number of hydrogen-bond acceptors (Lipinski definition) is 10. The number of nitrogens with two attached hydrogens (primary N) is 1. The van der Waals surface area contributed by atoms with Crippen LogP contribution in [0.1, 0.15) is 11.9 Å². The van der Waals surface area contributed by atoms with Crippen LogP contribution in [0.5, 0.6) is 0 Å². The van der Waals surface area contributed by atoms with E-state index in [0.717, 1.165) is 0 Å². The molecule has 2 aliphatic heterocycles. The Morgan fingerprint density at radius 1 is 1.30 bits per heavy atom. The second-order valence-corrected chi connectivity index (χ2v) is 5.43. The summed E-state index contributed by atoms with van der Waals surface area (Å²) in [6, 6.07) is 0. The number of anilines is 1. The number of aliphatic hydroxyl groups is 3. The Kier molecular flexibility index (Phi) is 2.99. The number of ether oxygens (including phenoxy) is 1. The van der Waals surface area contributed by atoms with Crippen molar-refractivity contribution in [1.82, 2.24) is 19.7 Å². The summed E-state index contributed by atoms with van der Waals surface area (Å²) in [5, 5.41) is 39.9. The zero-order valence-corrected chi connectivity index (χ0v) is 12.1. The molecular weight excluding hydrogens is 306 g/mol. The summed E-state index contributed by atoms with van der Waals surface area (Å²) in [7, 11) is 1.70. The molecule has 1 fully saturated rings. The lowest BCUT2D eigenvalue weighted by Crippen LogP contribution is -2.33. The first-order valence-corrected chi connectivity index (χ1v) is 6.96. The van der Waals surface area contributed by atoms with E-state index in [9.17, 15) is 15.3 Å². The lowest BCUT2D eigenvalue weighted by molar-refractivity contribution is -0.0566. The summed E-state index contributed by atoms with van der Waals surface area (Å²) in [4.78, 5) is 8.35. The maximum atomic E-state index is 10.2. The summed E-state index contributed by atoms with van der Waals surface area (Å²) in [6.45, 7) is -0.423. The smallest absolute Gasteiger partial charge is 0.181 e. The molecule has 0 spiro atoms. The molecule has 5 N–H and O–H groups in total. The molecule has 0 radical (unpaired) electrons. The molecule has 0 aromatic carbocycles. The minimum absolute atomic E-state index is 0.185. The topological polar surface area (TPSA) is 155 Å². The molecule has 2 aromatic rings. The zero-order chi connectivity index (χ0) is 16.3. The predicted octanol–water partition coefficient (Wildman–Crippen LogP) is -2.49.